The third-order valence-corrected chi connectivity index (χ3v) is 1.00. The van der Waals surface area contributed by atoms with Crippen molar-refractivity contribution < 1.29 is 4.74 Å². The summed E-state index contributed by atoms with van der Waals surface area (Å²) in [7, 11) is 1.58. The Morgan fingerprint density at radius 2 is 2.44 bits per heavy atom. The number of nitrogens with zero attached hydrogens (tertiary/aromatic N) is 1. The Morgan fingerprint density at radius 3 is 2.89 bits per heavy atom. The predicted molar refractivity (Wildman–Crippen MR) is 34.4 cm³/mol. The third kappa shape index (κ3) is 1.42. The Kier molecular flexibility index (Phi) is 1.68. The van der Waals surface area contributed by atoms with Crippen LogP contribution in [0.5, 0.6) is 5.88 Å². The summed E-state index contributed by atoms with van der Waals surface area (Å²) < 4.78 is 4.80. The van der Waals surface area contributed by atoms with Crippen LogP contribution in [0.15, 0.2) is 12.3 Å². The van der Waals surface area contributed by atoms with Crippen LogP contribution in [0, 0.1) is 13.0 Å². The molecule has 1 rings (SSSR count). The summed E-state index contributed by atoms with van der Waals surface area (Å²) in [5.74, 6) is 0.542. The van der Waals surface area contributed by atoms with Crippen LogP contribution in [0.25, 0.3) is 0 Å². The molecule has 0 aliphatic rings. The second kappa shape index (κ2) is 2.49. The second-order valence-electron chi connectivity index (χ2n) is 1.80. The van der Waals surface area contributed by atoms with Crippen LogP contribution in [0.4, 0.5) is 0 Å². The minimum atomic E-state index is 0.542. The Bertz CT molecular complexity index is 181. The van der Waals surface area contributed by atoms with Gasteiger partial charge in [0.15, 0.2) is 0 Å². The summed E-state index contributed by atoms with van der Waals surface area (Å²) in [6, 6.07) is 4.69. The van der Waals surface area contributed by atoms with Crippen LogP contribution in [0.2, 0.25) is 0 Å². The average Bonchev–Trinajstić information content (AvgIpc) is 1.90. The van der Waals surface area contributed by atoms with Gasteiger partial charge in [-0.3, -0.25) is 0 Å². The molecule has 1 radical (unpaired) electrons. The summed E-state index contributed by atoms with van der Waals surface area (Å²) in [6.45, 7) is 1.96. The molecule has 0 saturated heterocycles. The molecular formula is C7H8NO. The molecule has 0 unspecified atom stereocenters. The second-order valence-corrected chi connectivity index (χ2v) is 1.80. The van der Waals surface area contributed by atoms with E-state index in [0.29, 0.717) is 5.88 Å². The topological polar surface area (TPSA) is 22.1 Å². The molecule has 47 valence electrons. The Labute approximate surface area is 54.5 Å². The van der Waals surface area contributed by atoms with E-state index in [4.69, 9.17) is 4.74 Å². The van der Waals surface area contributed by atoms with Gasteiger partial charge in [-0.05, 0) is 18.6 Å². The quantitative estimate of drug-likeness (QED) is 0.558. The van der Waals surface area contributed by atoms with Crippen molar-refractivity contribution in [3.05, 3.63) is 23.9 Å². The zero-order chi connectivity index (χ0) is 6.69. The van der Waals surface area contributed by atoms with Crippen LogP contribution < -0.4 is 4.74 Å². The summed E-state index contributed by atoms with van der Waals surface area (Å²) in [6.07, 6.45) is 1.75. The van der Waals surface area contributed by atoms with Gasteiger partial charge in [0, 0.05) is 12.3 Å². The molecule has 0 amide bonds. The van der Waals surface area contributed by atoms with Gasteiger partial charge >= 0.3 is 0 Å². The molecule has 0 aliphatic heterocycles. The van der Waals surface area contributed by atoms with E-state index in [9.17, 15) is 0 Å². The first-order valence-electron chi connectivity index (χ1n) is 2.71. The van der Waals surface area contributed by atoms with Crippen molar-refractivity contribution >= 4 is 0 Å². The van der Waals surface area contributed by atoms with Crippen molar-refractivity contribution in [2.45, 2.75) is 6.92 Å². The first-order valence-corrected chi connectivity index (χ1v) is 2.71. The maximum absolute atomic E-state index is 4.80. The zero-order valence-corrected chi connectivity index (χ0v) is 5.51. The van der Waals surface area contributed by atoms with E-state index >= 15 is 0 Å². The van der Waals surface area contributed by atoms with Crippen LogP contribution in [0.3, 0.4) is 0 Å². The predicted octanol–water partition coefficient (Wildman–Crippen LogP) is 1.20. The number of pyridine rings is 1. The highest BCUT2D eigenvalue weighted by molar-refractivity contribution is 5.14. The molecular weight excluding hydrogens is 114 g/mol. The van der Waals surface area contributed by atoms with Crippen molar-refractivity contribution in [3.8, 4) is 5.88 Å². The fourth-order valence-electron chi connectivity index (χ4n) is 0.522. The molecule has 1 aromatic heterocycles. The van der Waals surface area contributed by atoms with Crippen LogP contribution in [-0.2, 0) is 0 Å². The fraction of sp³-hybridized carbons (Fsp3) is 0.286. The van der Waals surface area contributed by atoms with Crippen molar-refractivity contribution in [1.82, 2.24) is 4.98 Å². The lowest BCUT2D eigenvalue weighted by Gasteiger charge is -1.95. The standard InChI is InChI=1S/C7H8NO/c1-6-3-4-7(9-2)8-5-6/h3,5H,1-2H3. The van der Waals surface area contributed by atoms with Crippen LogP contribution in [-0.4, -0.2) is 12.1 Å². The lowest BCUT2D eigenvalue weighted by molar-refractivity contribution is 0.396. The zero-order valence-electron chi connectivity index (χ0n) is 5.51. The molecule has 0 aliphatic carbocycles. The molecule has 0 aromatic carbocycles. The van der Waals surface area contributed by atoms with E-state index in [0.717, 1.165) is 5.56 Å². The first-order chi connectivity index (χ1) is 4.33. The van der Waals surface area contributed by atoms with E-state index in [-0.39, 0.29) is 0 Å². The summed E-state index contributed by atoms with van der Waals surface area (Å²) in [5, 5.41) is 0. The van der Waals surface area contributed by atoms with Crippen molar-refractivity contribution in [2.75, 3.05) is 7.11 Å². The normalized spacial score (nSPS) is 9.11. The number of ether oxygens (including phenoxy) is 1. The molecule has 1 heterocycles. The van der Waals surface area contributed by atoms with Gasteiger partial charge in [-0.2, -0.15) is 0 Å². The number of rotatable bonds is 1. The first kappa shape index (κ1) is 6.08. The van der Waals surface area contributed by atoms with E-state index in [1.807, 2.05) is 13.0 Å². The fourth-order valence-corrected chi connectivity index (χ4v) is 0.522. The molecule has 2 nitrogen and oxygen atoms in total. The van der Waals surface area contributed by atoms with Gasteiger partial charge in [0.25, 0.3) is 0 Å². The van der Waals surface area contributed by atoms with Crippen molar-refractivity contribution in [3.63, 3.8) is 0 Å². The Balaban J connectivity index is 2.88. The Hall–Kier alpha value is -1.05. The van der Waals surface area contributed by atoms with Crippen molar-refractivity contribution in [1.29, 1.82) is 0 Å². The maximum Gasteiger partial charge on any atom is 0.221 e. The third-order valence-electron chi connectivity index (χ3n) is 1.00. The molecule has 0 fully saturated rings. The van der Waals surface area contributed by atoms with Gasteiger partial charge in [-0.1, -0.05) is 0 Å². The summed E-state index contributed by atoms with van der Waals surface area (Å²) in [5.41, 5.74) is 1.09. The average molecular weight is 122 g/mol. The molecule has 1 aromatic rings. The van der Waals surface area contributed by atoms with Gasteiger partial charge in [0.2, 0.25) is 5.88 Å². The lowest BCUT2D eigenvalue weighted by atomic mass is 10.3. The minimum absolute atomic E-state index is 0.542. The highest BCUT2D eigenvalue weighted by Crippen LogP contribution is 2.03. The van der Waals surface area contributed by atoms with E-state index in [2.05, 4.69) is 11.1 Å². The van der Waals surface area contributed by atoms with Gasteiger partial charge in [-0.25, -0.2) is 4.98 Å². The number of hydrogen-bond donors (Lipinski definition) is 0. The molecule has 0 saturated carbocycles. The number of hydrogen-bond acceptors (Lipinski definition) is 2. The number of aryl methyl sites for hydroxylation is 1. The van der Waals surface area contributed by atoms with E-state index in [1.165, 1.54) is 0 Å². The van der Waals surface area contributed by atoms with Crippen molar-refractivity contribution in [2.24, 2.45) is 0 Å². The minimum Gasteiger partial charge on any atom is -0.481 e. The smallest absolute Gasteiger partial charge is 0.221 e. The number of methoxy groups -OCH3 is 1. The van der Waals surface area contributed by atoms with Gasteiger partial charge < -0.3 is 4.74 Å². The molecule has 0 bridgehead atoms. The molecule has 0 atom stereocenters. The SMILES string of the molecule is COc1[c]cc(C)cn1. The lowest BCUT2D eigenvalue weighted by Crippen LogP contribution is -1.86. The van der Waals surface area contributed by atoms with Gasteiger partial charge in [0.05, 0.1) is 7.11 Å². The molecule has 0 N–H and O–H groups in total. The number of aromatic nitrogens is 1. The highest BCUT2D eigenvalue weighted by atomic mass is 16.5. The van der Waals surface area contributed by atoms with E-state index < -0.39 is 0 Å². The van der Waals surface area contributed by atoms with Gasteiger partial charge in [-0.15, -0.1) is 0 Å². The summed E-state index contributed by atoms with van der Waals surface area (Å²) in [4.78, 5) is 3.92. The highest BCUT2D eigenvalue weighted by Gasteiger charge is 1.88. The Morgan fingerprint density at radius 1 is 1.67 bits per heavy atom. The maximum atomic E-state index is 4.80. The largest absolute Gasteiger partial charge is 0.481 e. The van der Waals surface area contributed by atoms with E-state index in [1.54, 1.807) is 13.3 Å². The molecule has 0 spiro atoms. The monoisotopic (exact) mass is 122 g/mol. The van der Waals surface area contributed by atoms with Crippen LogP contribution >= 0.6 is 0 Å². The molecule has 9 heavy (non-hydrogen) atoms. The van der Waals surface area contributed by atoms with Gasteiger partial charge in [0.1, 0.15) is 0 Å². The molecule has 2 heteroatoms. The summed E-state index contributed by atoms with van der Waals surface area (Å²) >= 11 is 0. The van der Waals surface area contributed by atoms with Crippen LogP contribution in [0.1, 0.15) is 5.56 Å².